The molecule has 0 saturated carbocycles. The Morgan fingerprint density at radius 3 is 2.21 bits per heavy atom. The van der Waals surface area contributed by atoms with Crippen LogP contribution in [0.15, 0.2) is 22.0 Å². The Kier molecular flexibility index (Phi) is 5.99. The fourth-order valence-electron chi connectivity index (χ4n) is 2.15. The van der Waals surface area contributed by atoms with E-state index in [1.807, 2.05) is 0 Å². The smallest absolute Gasteiger partial charge is 0.370 e. The van der Waals surface area contributed by atoms with Crippen molar-refractivity contribution in [3.63, 3.8) is 0 Å². The van der Waals surface area contributed by atoms with Crippen molar-refractivity contribution in [2.24, 2.45) is 16.5 Å². The highest BCUT2D eigenvalue weighted by Crippen LogP contribution is 2.37. The first kappa shape index (κ1) is 19.9. The number of benzene rings is 1. The van der Waals surface area contributed by atoms with Gasteiger partial charge in [-0.15, -0.1) is 0 Å². The summed E-state index contributed by atoms with van der Waals surface area (Å²) in [7, 11) is -4.14. The van der Waals surface area contributed by atoms with Crippen molar-refractivity contribution in [2.45, 2.75) is 37.8 Å². The van der Waals surface area contributed by atoms with Crippen molar-refractivity contribution >= 4 is 21.7 Å². The van der Waals surface area contributed by atoms with Gasteiger partial charge in [-0.2, -0.15) is 18.2 Å². The molecule has 0 aliphatic rings. The highest BCUT2D eigenvalue weighted by atomic mass is 32.2. The number of aliphatic imine (C=N–C) groups is 1. The van der Waals surface area contributed by atoms with E-state index >= 15 is 0 Å². The Bertz CT molecular complexity index is 767. The van der Waals surface area contributed by atoms with Gasteiger partial charge in [-0.1, -0.05) is 13.8 Å². The molecular weight excluding hydrogens is 347 g/mol. The van der Waals surface area contributed by atoms with Crippen LogP contribution in [0.25, 0.3) is 0 Å². The first-order valence-electron chi connectivity index (χ1n) is 7.04. The molecule has 24 heavy (non-hydrogen) atoms. The van der Waals surface area contributed by atoms with Gasteiger partial charge in [0.2, 0.25) is 0 Å². The third-order valence-corrected chi connectivity index (χ3v) is 5.11. The van der Waals surface area contributed by atoms with Gasteiger partial charge in [0.15, 0.2) is 15.8 Å². The van der Waals surface area contributed by atoms with Gasteiger partial charge in [0.25, 0.3) is 5.91 Å². The zero-order valence-electron chi connectivity index (χ0n) is 13.1. The summed E-state index contributed by atoms with van der Waals surface area (Å²) in [5.74, 6) is -2.09. The number of nitrogens with two attached hydrogens (primary N) is 2. The number of halogens is 3. The van der Waals surface area contributed by atoms with Gasteiger partial charge in [-0.05, 0) is 30.5 Å². The molecule has 134 valence electrons. The minimum atomic E-state index is -4.95. The molecule has 0 aliphatic heterocycles. The third kappa shape index (κ3) is 4.47. The number of carbonyl (C=O) groups is 1. The fourth-order valence-corrected chi connectivity index (χ4v) is 3.74. The second kappa shape index (κ2) is 7.20. The molecule has 10 heteroatoms. The predicted octanol–water partition coefficient (Wildman–Crippen LogP) is 1.87. The predicted molar refractivity (Wildman–Crippen MR) is 83.3 cm³/mol. The topological polar surface area (TPSA) is 116 Å². The van der Waals surface area contributed by atoms with Crippen LogP contribution in [0.2, 0.25) is 0 Å². The van der Waals surface area contributed by atoms with Gasteiger partial charge in [0, 0.05) is 5.56 Å². The van der Waals surface area contributed by atoms with Crippen molar-refractivity contribution in [3.8, 4) is 0 Å². The Morgan fingerprint density at radius 1 is 1.21 bits per heavy atom. The Morgan fingerprint density at radius 2 is 1.79 bits per heavy atom. The number of sulfone groups is 1. The summed E-state index contributed by atoms with van der Waals surface area (Å²) in [6, 6.07) is 1.37. The number of aryl methyl sites for hydroxylation is 1. The van der Waals surface area contributed by atoms with Crippen molar-refractivity contribution in [1.29, 1.82) is 0 Å². The maximum Gasteiger partial charge on any atom is 0.417 e. The van der Waals surface area contributed by atoms with Crippen LogP contribution >= 0.6 is 0 Å². The van der Waals surface area contributed by atoms with E-state index in [2.05, 4.69) is 4.99 Å². The highest BCUT2D eigenvalue weighted by molar-refractivity contribution is 7.91. The molecule has 0 radical (unpaired) electrons. The van der Waals surface area contributed by atoms with E-state index in [0.29, 0.717) is 6.07 Å². The molecule has 0 saturated heterocycles. The second-order valence-electron chi connectivity index (χ2n) is 5.02. The van der Waals surface area contributed by atoms with Crippen molar-refractivity contribution < 1.29 is 26.4 Å². The van der Waals surface area contributed by atoms with Crippen LogP contribution in [-0.2, 0) is 22.4 Å². The number of rotatable bonds is 5. The molecule has 0 unspecified atom stereocenters. The van der Waals surface area contributed by atoms with Gasteiger partial charge in [0.05, 0.1) is 16.2 Å². The molecule has 0 aromatic heterocycles. The Labute approximate surface area is 137 Å². The van der Waals surface area contributed by atoms with E-state index < -0.39 is 44.1 Å². The number of amides is 1. The normalized spacial score (nSPS) is 12.0. The Hall–Kier alpha value is -2.10. The number of carbonyl (C=O) groups excluding carboxylic acids is 1. The standard InChI is InChI=1S/C14H18F3N3O3S/c1-3-5-24(22,23)11-6-8(4-2)9(12(21)20-13(18)19)7-10(11)14(15,16)17/h6-7H,3-5H2,1-2H3,(H4,18,19,20,21). The molecular formula is C14H18F3N3O3S. The summed E-state index contributed by atoms with van der Waals surface area (Å²) in [5.41, 5.74) is 8.48. The lowest BCUT2D eigenvalue weighted by Gasteiger charge is -2.16. The molecule has 0 bridgehead atoms. The van der Waals surface area contributed by atoms with Crippen LogP contribution in [0.4, 0.5) is 13.2 Å². The summed E-state index contributed by atoms with van der Waals surface area (Å²) in [6.07, 6.45) is -4.65. The lowest BCUT2D eigenvalue weighted by Crippen LogP contribution is -2.25. The Balaban J connectivity index is 3.76. The zero-order chi connectivity index (χ0) is 18.7. The number of guanidine groups is 1. The van der Waals surface area contributed by atoms with E-state index in [9.17, 15) is 26.4 Å². The molecule has 0 atom stereocenters. The summed E-state index contributed by atoms with van der Waals surface area (Å²) in [5, 5.41) is 0. The number of nitrogens with zero attached hydrogens (tertiary/aromatic N) is 1. The van der Waals surface area contributed by atoms with Crippen LogP contribution in [0, 0.1) is 0 Å². The number of hydrogen-bond acceptors (Lipinski definition) is 3. The molecule has 1 aromatic rings. The molecule has 0 heterocycles. The summed E-state index contributed by atoms with van der Waals surface area (Å²) in [4.78, 5) is 14.3. The lowest BCUT2D eigenvalue weighted by atomic mass is 10.0. The zero-order valence-corrected chi connectivity index (χ0v) is 14.0. The second-order valence-corrected chi connectivity index (χ2v) is 7.10. The van der Waals surface area contributed by atoms with Crippen LogP contribution < -0.4 is 11.5 Å². The molecule has 6 nitrogen and oxygen atoms in total. The SMILES string of the molecule is CCCS(=O)(=O)c1cc(CC)c(C(=O)N=C(N)N)cc1C(F)(F)F. The summed E-state index contributed by atoms with van der Waals surface area (Å²) < 4.78 is 64.2. The van der Waals surface area contributed by atoms with Crippen LogP contribution in [0.1, 0.15) is 41.8 Å². The maximum atomic E-state index is 13.3. The van der Waals surface area contributed by atoms with E-state index in [4.69, 9.17) is 11.5 Å². The third-order valence-electron chi connectivity index (χ3n) is 3.16. The van der Waals surface area contributed by atoms with E-state index in [1.165, 1.54) is 0 Å². The molecule has 1 amide bonds. The lowest BCUT2D eigenvalue weighted by molar-refractivity contribution is -0.139. The van der Waals surface area contributed by atoms with E-state index in [1.54, 1.807) is 13.8 Å². The summed E-state index contributed by atoms with van der Waals surface area (Å²) >= 11 is 0. The first-order valence-corrected chi connectivity index (χ1v) is 8.70. The first-order chi connectivity index (χ1) is 10.9. The van der Waals surface area contributed by atoms with Crippen LogP contribution in [0.3, 0.4) is 0 Å². The average Bonchev–Trinajstić information content (AvgIpc) is 2.43. The number of hydrogen-bond donors (Lipinski definition) is 2. The van der Waals surface area contributed by atoms with Crippen molar-refractivity contribution in [3.05, 3.63) is 28.8 Å². The van der Waals surface area contributed by atoms with Crippen LogP contribution in [-0.4, -0.2) is 26.0 Å². The van der Waals surface area contributed by atoms with Crippen molar-refractivity contribution in [2.75, 3.05) is 5.75 Å². The van der Waals surface area contributed by atoms with Crippen molar-refractivity contribution in [1.82, 2.24) is 0 Å². The van der Waals surface area contributed by atoms with Crippen LogP contribution in [0.5, 0.6) is 0 Å². The monoisotopic (exact) mass is 365 g/mol. The van der Waals surface area contributed by atoms with Gasteiger partial charge >= 0.3 is 6.18 Å². The molecule has 1 rings (SSSR count). The molecule has 0 spiro atoms. The number of alkyl halides is 3. The van der Waals surface area contributed by atoms with Gasteiger partial charge < -0.3 is 11.5 Å². The highest BCUT2D eigenvalue weighted by Gasteiger charge is 2.38. The van der Waals surface area contributed by atoms with Gasteiger partial charge in [-0.25, -0.2) is 8.42 Å². The quantitative estimate of drug-likeness (QED) is 0.610. The molecule has 1 aromatic carbocycles. The largest absolute Gasteiger partial charge is 0.417 e. The average molecular weight is 365 g/mol. The molecule has 4 N–H and O–H groups in total. The van der Waals surface area contributed by atoms with E-state index in [-0.39, 0.29) is 24.0 Å². The fraction of sp³-hybridized carbons (Fsp3) is 0.429. The maximum absolute atomic E-state index is 13.3. The van der Waals surface area contributed by atoms with E-state index in [0.717, 1.165) is 6.07 Å². The van der Waals surface area contributed by atoms with Gasteiger partial charge in [0.1, 0.15) is 0 Å². The summed E-state index contributed by atoms with van der Waals surface area (Å²) in [6.45, 7) is 3.12. The van der Waals surface area contributed by atoms with Gasteiger partial charge in [-0.3, -0.25) is 4.79 Å². The minimum Gasteiger partial charge on any atom is -0.370 e. The molecule has 0 fully saturated rings. The minimum absolute atomic E-state index is 0.118. The molecule has 0 aliphatic carbocycles.